The zero-order valence-electron chi connectivity index (χ0n) is 24.2. The summed E-state index contributed by atoms with van der Waals surface area (Å²) in [6.45, 7) is 0.235. The van der Waals surface area contributed by atoms with Gasteiger partial charge >= 0.3 is 12.0 Å². The van der Waals surface area contributed by atoms with Crippen LogP contribution < -0.4 is 38.1 Å². The van der Waals surface area contributed by atoms with E-state index in [2.05, 4.69) is 41.5 Å². The summed E-state index contributed by atoms with van der Waals surface area (Å²) in [5.41, 5.74) is 11.4. The molecule has 1 aromatic rings. The Bertz CT molecular complexity index is 1170. The average Bonchev–Trinajstić information content (AvgIpc) is 3.70. The van der Waals surface area contributed by atoms with Crippen molar-refractivity contribution < 1.29 is 29.1 Å². The number of alkyl halides is 1. The molecule has 2 aliphatic heterocycles. The Labute approximate surface area is 264 Å². The van der Waals surface area contributed by atoms with E-state index >= 15 is 0 Å². The molecule has 0 bridgehead atoms. The molecular weight excluding hydrogens is 616 g/mol. The third-order valence-electron chi connectivity index (χ3n) is 7.24. The maximum Gasteiger partial charge on any atom is 0.315 e. The minimum Gasteiger partial charge on any atom is -0.481 e. The molecule has 6 atom stereocenters. The first kappa shape index (κ1) is 34.8. The van der Waals surface area contributed by atoms with Crippen LogP contribution in [-0.4, -0.2) is 104 Å². The summed E-state index contributed by atoms with van der Waals surface area (Å²) >= 11 is 7.66. The van der Waals surface area contributed by atoms with Crippen molar-refractivity contribution in [3.63, 3.8) is 0 Å². The van der Waals surface area contributed by atoms with Gasteiger partial charge in [-0.3, -0.25) is 24.2 Å². The molecule has 0 unspecified atom stereocenters. The van der Waals surface area contributed by atoms with Gasteiger partial charge in [0.1, 0.15) is 12.1 Å². The SMILES string of the molecule is NC(N)=NCCC[C@H](NC(=O)CCCC[C@H]1SC[C@H]2NC(=O)N[C@H]21)C(=O)N[C@@H](Cc1cnc[nH]1)C(=O)N[C@@H](CCl)CC(=O)O. The minimum atomic E-state index is -1.14. The molecule has 2 fully saturated rings. The Morgan fingerprint density at radius 3 is 2.57 bits per heavy atom. The van der Waals surface area contributed by atoms with E-state index in [9.17, 15) is 24.0 Å². The zero-order chi connectivity index (χ0) is 32.1. The Balaban J connectivity index is 1.58. The largest absolute Gasteiger partial charge is 0.481 e. The van der Waals surface area contributed by atoms with Gasteiger partial charge in [-0.15, -0.1) is 11.6 Å². The topological polar surface area (TPSA) is 259 Å². The number of nitrogens with one attached hydrogen (secondary N) is 6. The minimum absolute atomic E-state index is 0.0331. The van der Waals surface area contributed by atoms with Crippen molar-refractivity contribution in [3.8, 4) is 0 Å². The summed E-state index contributed by atoms with van der Waals surface area (Å²) < 4.78 is 0. The molecule has 244 valence electrons. The van der Waals surface area contributed by atoms with Crippen LogP contribution >= 0.6 is 23.4 Å². The lowest BCUT2D eigenvalue weighted by Gasteiger charge is -2.24. The van der Waals surface area contributed by atoms with Gasteiger partial charge in [0.15, 0.2) is 5.96 Å². The fourth-order valence-corrected chi connectivity index (χ4v) is 6.80. The molecule has 5 amide bonds. The molecule has 1 aromatic heterocycles. The number of unbranched alkanes of at least 4 members (excludes halogenated alkanes) is 1. The van der Waals surface area contributed by atoms with Crippen molar-refractivity contribution >= 4 is 59.0 Å². The van der Waals surface area contributed by atoms with Crippen LogP contribution in [0.2, 0.25) is 0 Å². The molecule has 11 N–H and O–H groups in total. The van der Waals surface area contributed by atoms with Gasteiger partial charge in [-0.2, -0.15) is 11.8 Å². The third-order valence-corrected chi connectivity index (χ3v) is 9.12. The summed E-state index contributed by atoms with van der Waals surface area (Å²) in [6.07, 6.45) is 5.55. The first-order valence-corrected chi connectivity index (χ1v) is 16.0. The molecule has 0 aliphatic carbocycles. The van der Waals surface area contributed by atoms with Crippen LogP contribution in [0.3, 0.4) is 0 Å². The molecule has 0 saturated carbocycles. The Kier molecular flexibility index (Phi) is 13.9. The predicted molar refractivity (Wildman–Crippen MR) is 165 cm³/mol. The third kappa shape index (κ3) is 11.4. The van der Waals surface area contributed by atoms with E-state index in [1.165, 1.54) is 12.5 Å². The number of thioether (sulfide) groups is 1. The van der Waals surface area contributed by atoms with E-state index in [1.54, 1.807) is 11.8 Å². The van der Waals surface area contributed by atoms with Crippen LogP contribution in [0.25, 0.3) is 0 Å². The highest BCUT2D eigenvalue weighted by Crippen LogP contribution is 2.33. The number of urea groups is 1. The van der Waals surface area contributed by atoms with E-state index in [4.69, 9.17) is 28.2 Å². The molecular formula is C26H41ClN10O6S. The number of fused-ring (bicyclic) bond motifs is 1. The van der Waals surface area contributed by atoms with E-state index in [1.807, 2.05) is 0 Å². The second kappa shape index (κ2) is 17.5. The lowest BCUT2D eigenvalue weighted by Crippen LogP contribution is -2.56. The van der Waals surface area contributed by atoms with Gasteiger partial charge < -0.3 is 48.1 Å². The van der Waals surface area contributed by atoms with E-state index in [0.717, 1.165) is 18.6 Å². The van der Waals surface area contributed by atoms with Crippen LogP contribution in [-0.2, 0) is 25.6 Å². The number of H-pyrrole nitrogens is 1. The Morgan fingerprint density at radius 2 is 1.89 bits per heavy atom. The highest BCUT2D eigenvalue weighted by Gasteiger charge is 2.42. The van der Waals surface area contributed by atoms with E-state index in [-0.39, 0.29) is 66.9 Å². The molecule has 2 saturated heterocycles. The highest BCUT2D eigenvalue weighted by atomic mass is 35.5. The average molecular weight is 657 g/mol. The number of nitrogens with zero attached hydrogens (tertiary/aromatic N) is 2. The maximum atomic E-state index is 13.4. The standard InChI is InChI=1S/C26H41ClN10O6S/c27-10-14(9-21(39)40)33-24(42)17(8-15-11-30-13-32-15)35-23(41)16(4-3-7-31-25(28)29)34-20(38)6-2-1-5-19-22-18(12-44-19)36-26(43)37-22/h11,13-14,16-19,22H,1-10,12H2,(H,30,32)(H,33,42)(H,34,38)(H,35,41)(H,39,40)(H4,28,29,31)(H2,36,37,43)/t14-,16+,17+,18-,19-,22-/m1/s1. The molecule has 0 aromatic carbocycles. The normalized spacial score (nSPS) is 20.8. The van der Waals surface area contributed by atoms with Crippen LogP contribution in [0.4, 0.5) is 4.79 Å². The lowest BCUT2D eigenvalue weighted by molar-refractivity contribution is -0.138. The second-order valence-corrected chi connectivity index (χ2v) is 12.3. The van der Waals surface area contributed by atoms with Crippen molar-refractivity contribution in [1.29, 1.82) is 0 Å². The Hall–Kier alpha value is -3.73. The van der Waals surface area contributed by atoms with Gasteiger partial charge in [-0.1, -0.05) is 6.42 Å². The van der Waals surface area contributed by atoms with Crippen LogP contribution in [0.15, 0.2) is 17.5 Å². The van der Waals surface area contributed by atoms with Crippen LogP contribution in [0.1, 0.15) is 50.6 Å². The molecule has 18 heteroatoms. The number of hydrogen-bond donors (Lipinski definition) is 9. The maximum absolute atomic E-state index is 13.4. The number of carboxylic acid groups (broad SMARTS) is 1. The molecule has 44 heavy (non-hydrogen) atoms. The first-order chi connectivity index (χ1) is 21.0. The number of guanidine groups is 1. The smallest absolute Gasteiger partial charge is 0.315 e. The number of aromatic nitrogens is 2. The number of nitrogens with two attached hydrogens (primary N) is 2. The number of carboxylic acids is 1. The van der Waals surface area contributed by atoms with Crippen molar-refractivity contribution in [2.75, 3.05) is 18.2 Å². The van der Waals surface area contributed by atoms with Gasteiger partial charge in [0, 0.05) is 48.2 Å². The highest BCUT2D eigenvalue weighted by molar-refractivity contribution is 8.00. The van der Waals surface area contributed by atoms with Crippen LogP contribution in [0, 0.1) is 0 Å². The Morgan fingerprint density at radius 1 is 1.11 bits per heavy atom. The number of aliphatic imine (C=N–C) groups is 1. The fourth-order valence-electron chi connectivity index (χ4n) is 5.07. The van der Waals surface area contributed by atoms with Crippen molar-refractivity contribution in [1.82, 2.24) is 36.6 Å². The van der Waals surface area contributed by atoms with Gasteiger partial charge in [0.2, 0.25) is 17.7 Å². The van der Waals surface area contributed by atoms with Crippen molar-refractivity contribution in [3.05, 3.63) is 18.2 Å². The van der Waals surface area contributed by atoms with Crippen LogP contribution in [0.5, 0.6) is 0 Å². The van der Waals surface area contributed by atoms with Gasteiger partial charge in [0.25, 0.3) is 0 Å². The lowest BCUT2D eigenvalue weighted by atomic mass is 10.0. The quantitative estimate of drug-likeness (QED) is 0.0285. The monoisotopic (exact) mass is 656 g/mol. The number of carbonyl (C=O) groups is 5. The second-order valence-electron chi connectivity index (χ2n) is 10.7. The molecule has 3 heterocycles. The number of amides is 5. The van der Waals surface area contributed by atoms with E-state index < -0.39 is 42.3 Å². The molecule has 0 spiro atoms. The number of rotatable bonds is 19. The first-order valence-electron chi connectivity index (χ1n) is 14.4. The summed E-state index contributed by atoms with van der Waals surface area (Å²) in [5.74, 6) is -2.07. The molecule has 16 nitrogen and oxygen atoms in total. The number of imidazole rings is 1. The molecule has 0 radical (unpaired) electrons. The zero-order valence-corrected chi connectivity index (χ0v) is 25.8. The summed E-state index contributed by atoms with van der Waals surface area (Å²) in [5, 5.41) is 23.3. The van der Waals surface area contributed by atoms with Gasteiger partial charge in [-0.05, 0) is 25.7 Å². The van der Waals surface area contributed by atoms with E-state index in [0.29, 0.717) is 18.5 Å². The molecule has 3 rings (SSSR count). The molecule has 2 aliphatic rings. The van der Waals surface area contributed by atoms with Gasteiger partial charge in [0.05, 0.1) is 30.9 Å². The number of aliphatic carboxylic acids is 1. The predicted octanol–water partition coefficient (Wildman–Crippen LogP) is -1.10. The number of aromatic amines is 1. The fraction of sp³-hybridized carbons (Fsp3) is 0.654. The number of carbonyl (C=O) groups excluding carboxylic acids is 4. The van der Waals surface area contributed by atoms with Crippen molar-refractivity contribution in [2.24, 2.45) is 16.5 Å². The van der Waals surface area contributed by atoms with Crippen molar-refractivity contribution in [2.45, 2.75) is 86.8 Å². The number of halogens is 1. The summed E-state index contributed by atoms with van der Waals surface area (Å²) in [7, 11) is 0. The number of hydrogen-bond acceptors (Lipinski definition) is 8. The van der Waals surface area contributed by atoms with Gasteiger partial charge in [-0.25, -0.2) is 9.78 Å². The summed E-state index contributed by atoms with van der Waals surface area (Å²) in [4.78, 5) is 73.0. The summed E-state index contributed by atoms with van der Waals surface area (Å²) in [6, 6.07) is -2.86.